The molecule has 0 aromatic heterocycles. The minimum Gasteiger partial charge on any atom is -0.493 e. The standard InChI is InChI=1S/C17H17ClO4/c1-12(19)22-14-9-7-13(8-10-14)15(18)11-21-17-6-4-3-5-16(17)20-2/h3-10,15H,11H2,1-2H3. The van der Waals surface area contributed by atoms with Crippen LogP contribution >= 0.6 is 11.6 Å². The predicted molar refractivity (Wildman–Crippen MR) is 84.8 cm³/mol. The van der Waals surface area contributed by atoms with Gasteiger partial charge in [-0.3, -0.25) is 4.79 Å². The second-order valence-electron chi connectivity index (χ2n) is 4.59. The molecule has 2 aromatic carbocycles. The molecule has 4 nitrogen and oxygen atoms in total. The third-order valence-corrected chi connectivity index (χ3v) is 3.34. The summed E-state index contributed by atoms with van der Waals surface area (Å²) in [4.78, 5) is 10.9. The van der Waals surface area contributed by atoms with E-state index >= 15 is 0 Å². The molecule has 0 aliphatic heterocycles. The van der Waals surface area contributed by atoms with Crippen LogP contribution in [0.4, 0.5) is 0 Å². The highest BCUT2D eigenvalue weighted by Gasteiger charge is 2.11. The summed E-state index contributed by atoms with van der Waals surface area (Å²) in [6.07, 6.45) is 0. The highest BCUT2D eigenvalue weighted by molar-refractivity contribution is 6.20. The molecule has 5 heteroatoms. The van der Waals surface area contributed by atoms with Crippen molar-refractivity contribution in [3.8, 4) is 17.2 Å². The van der Waals surface area contributed by atoms with Gasteiger partial charge in [-0.15, -0.1) is 11.6 Å². The van der Waals surface area contributed by atoms with Gasteiger partial charge in [0.25, 0.3) is 0 Å². The lowest BCUT2D eigenvalue weighted by Gasteiger charge is -2.14. The highest BCUT2D eigenvalue weighted by atomic mass is 35.5. The third-order valence-electron chi connectivity index (χ3n) is 2.96. The number of rotatable bonds is 6. The maximum atomic E-state index is 10.9. The number of halogens is 1. The Bertz CT molecular complexity index is 625. The molecule has 0 saturated carbocycles. The van der Waals surface area contributed by atoms with E-state index in [0.717, 1.165) is 5.56 Å². The first kappa shape index (κ1) is 16.2. The maximum Gasteiger partial charge on any atom is 0.308 e. The van der Waals surface area contributed by atoms with Crippen LogP contribution in [0.5, 0.6) is 17.2 Å². The number of hydrogen-bond acceptors (Lipinski definition) is 4. The first-order valence-corrected chi connectivity index (χ1v) is 7.22. The number of benzene rings is 2. The first-order valence-electron chi connectivity index (χ1n) is 6.78. The number of hydrogen-bond donors (Lipinski definition) is 0. The van der Waals surface area contributed by atoms with Gasteiger partial charge in [0.2, 0.25) is 0 Å². The van der Waals surface area contributed by atoms with E-state index in [1.807, 2.05) is 36.4 Å². The Labute approximate surface area is 134 Å². The molecule has 116 valence electrons. The molecular weight excluding hydrogens is 304 g/mol. The molecule has 0 spiro atoms. The second kappa shape index (κ2) is 7.71. The zero-order valence-corrected chi connectivity index (χ0v) is 13.2. The number of methoxy groups -OCH3 is 1. The minimum atomic E-state index is -0.352. The molecule has 1 unspecified atom stereocenters. The van der Waals surface area contributed by atoms with Crippen molar-refractivity contribution in [3.05, 3.63) is 54.1 Å². The molecule has 0 aliphatic carbocycles. The van der Waals surface area contributed by atoms with Gasteiger partial charge in [-0.1, -0.05) is 24.3 Å². The average molecular weight is 321 g/mol. The van der Waals surface area contributed by atoms with Crippen molar-refractivity contribution in [1.29, 1.82) is 0 Å². The van der Waals surface area contributed by atoms with Crippen LogP contribution in [0.3, 0.4) is 0 Å². The molecule has 0 heterocycles. The van der Waals surface area contributed by atoms with Gasteiger partial charge in [0.15, 0.2) is 11.5 Å². The number of carbonyl (C=O) groups is 1. The number of para-hydroxylation sites is 2. The van der Waals surface area contributed by atoms with Crippen molar-refractivity contribution < 1.29 is 19.0 Å². The van der Waals surface area contributed by atoms with Gasteiger partial charge < -0.3 is 14.2 Å². The van der Waals surface area contributed by atoms with E-state index < -0.39 is 0 Å². The highest BCUT2D eigenvalue weighted by Crippen LogP contribution is 2.29. The van der Waals surface area contributed by atoms with E-state index in [1.165, 1.54) is 6.92 Å². The maximum absolute atomic E-state index is 10.9. The molecule has 0 aliphatic rings. The van der Waals surface area contributed by atoms with Gasteiger partial charge in [0.05, 0.1) is 12.5 Å². The first-order chi connectivity index (χ1) is 10.6. The van der Waals surface area contributed by atoms with Crippen LogP contribution < -0.4 is 14.2 Å². The van der Waals surface area contributed by atoms with E-state index in [1.54, 1.807) is 19.2 Å². The average Bonchev–Trinajstić information content (AvgIpc) is 2.53. The molecular formula is C17H17ClO4. The molecule has 0 radical (unpaired) electrons. The summed E-state index contributed by atoms with van der Waals surface area (Å²) >= 11 is 6.34. The lowest BCUT2D eigenvalue weighted by Crippen LogP contribution is -2.06. The predicted octanol–water partition coefficient (Wildman–Crippen LogP) is 3.98. The van der Waals surface area contributed by atoms with Crippen LogP contribution in [0.1, 0.15) is 17.9 Å². The fourth-order valence-corrected chi connectivity index (χ4v) is 2.12. The Morgan fingerprint density at radius 1 is 1.09 bits per heavy atom. The van der Waals surface area contributed by atoms with Crippen molar-refractivity contribution >= 4 is 17.6 Å². The monoisotopic (exact) mass is 320 g/mol. The summed E-state index contributed by atoms with van der Waals surface area (Å²) in [6.45, 7) is 1.66. The molecule has 0 saturated heterocycles. The van der Waals surface area contributed by atoms with Gasteiger partial charge in [-0.25, -0.2) is 0 Å². The van der Waals surface area contributed by atoms with E-state index in [4.69, 9.17) is 25.8 Å². The summed E-state index contributed by atoms with van der Waals surface area (Å²) in [5, 5.41) is -0.323. The van der Waals surface area contributed by atoms with Gasteiger partial charge in [-0.2, -0.15) is 0 Å². The Kier molecular flexibility index (Phi) is 5.67. The van der Waals surface area contributed by atoms with Gasteiger partial charge in [0.1, 0.15) is 12.4 Å². The lowest BCUT2D eigenvalue weighted by atomic mass is 10.1. The Morgan fingerprint density at radius 3 is 2.32 bits per heavy atom. The number of carbonyl (C=O) groups excluding carboxylic acids is 1. The van der Waals surface area contributed by atoms with E-state index in [2.05, 4.69) is 0 Å². The van der Waals surface area contributed by atoms with E-state index in [-0.39, 0.29) is 11.3 Å². The number of alkyl halides is 1. The molecule has 0 amide bonds. The fraction of sp³-hybridized carbons (Fsp3) is 0.235. The zero-order chi connectivity index (χ0) is 15.9. The number of esters is 1. The van der Waals surface area contributed by atoms with Crippen molar-refractivity contribution in [1.82, 2.24) is 0 Å². The Morgan fingerprint density at radius 2 is 1.73 bits per heavy atom. The Balaban J connectivity index is 1.97. The quantitative estimate of drug-likeness (QED) is 0.459. The molecule has 0 bridgehead atoms. The molecule has 2 rings (SSSR count). The SMILES string of the molecule is COc1ccccc1OCC(Cl)c1ccc(OC(C)=O)cc1. The fourth-order valence-electron chi connectivity index (χ4n) is 1.91. The van der Waals surface area contributed by atoms with Crippen molar-refractivity contribution in [2.75, 3.05) is 13.7 Å². The number of ether oxygens (including phenoxy) is 3. The van der Waals surface area contributed by atoms with Crippen LogP contribution in [0.25, 0.3) is 0 Å². The molecule has 0 N–H and O–H groups in total. The van der Waals surface area contributed by atoms with Crippen molar-refractivity contribution in [2.24, 2.45) is 0 Å². The van der Waals surface area contributed by atoms with Crippen LogP contribution in [0.2, 0.25) is 0 Å². The van der Waals surface area contributed by atoms with Gasteiger partial charge >= 0.3 is 5.97 Å². The summed E-state index contributed by atoms with van der Waals surface area (Å²) in [6, 6.07) is 14.4. The third kappa shape index (κ3) is 4.40. The van der Waals surface area contributed by atoms with Gasteiger partial charge in [0, 0.05) is 6.92 Å². The second-order valence-corrected chi connectivity index (χ2v) is 5.12. The Hall–Kier alpha value is -2.20. The van der Waals surface area contributed by atoms with E-state index in [0.29, 0.717) is 23.9 Å². The van der Waals surface area contributed by atoms with Crippen LogP contribution in [0.15, 0.2) is 48.5 Å². The lowest BCUT2D eigenvalue weighted by molar-refractivity contribution is -0.131. The summed E-state index contributed by atoms with van der Waals surface area (Å²) < 4.78 is 15.9. The summed E-state index contributed by atoms with van der Waals surface area (Å²) in [7, 11) is 1.59. The van der Waals surface area contributed by atoms with Crippen LogP contribution in [0, 0.1) is 0 Å². The van der Waals surface area contributed by atoms with Gasteiger partial charge in [-0.05, 0) is 29.8 Å². The molecule has 0 fully saturated rings. The minimum absolute atomic E-state index is 0.300. The van der Waals surface area contributed by atoms with Crippen molar-refractivity contribution in [2.45, 2.75) is 12.3 Å². The molecule has 1 atom stereocenters. The molecule has 2 aromatic rings. The summed E-state index contributed by atoms with van der Waals surface area (Å²) in [5.41, 5.74) is 0.882. The zero-order valence-electron chi connectivity index (χ0n) is 12.4. The van der Waals surface area contributed by atoms with E-state index in [9.17, 15) is 4.79 Å². The van der Waals surface area contributed by atoms with Crippen LogP contribution in [-0.2, 0) is 4.79 Å². The normalized spacial score (nSPS) is 11.6. The molecule has 22 heavy (non-hydrogen) atoms. The van der Waals surface area contributed by atoms with Crippen LogP contribution in [-0.4, -0.2) is 19.7 Å². The van der Waals surface area contributed by atoms with Crippen molar-refractivity contribution in [3.63, 3.8) is 0 Å². The topological polar surface area (TPSA) is 44.8 Å². The summed E-state index contributed by atoms with van der Waals surface area (Å²) in [5.74, 6) is 1.45. The largest absolute Gasteiger partial charge is 0.493 e. The smallest absolute Gasteiger partial charge is 0.308 e.